The molecule has 0 saturated heterocycles. The van der Waals surface area contributed by atoms with Gasteiger partial charge < -0.3 is 4.74 Å². The highest BCUT2D eigenvalue weighted by molar-refractivity contribution is 5.76. The minimum atomic E-state index is 0.00634. The minimum Gasteiger partial charge on any atom is -0.466 e. The summed E-state index contributed by atoms with van der Waals surface area (Å²) in [4.78, 5) is 11.2. The van der Waals surface area contributed by atoms with Crippen molar-refractivity contribution in [2.75, 3.05) is 6.61 Å². The Morgan fingerprint density at radius 1 is 1.45 bits per heavy atom. The van der Waals surface area contributed by atoms with Gasteiger partial charge in [-0.05, 0) is 18.8 Å². The fraction of sp³-hybridized carbons (Fsp3) is 0.889. The molecule has 0 amide bonds. The lowest BCUT2D eigenvalue weighted by Gasteiger charge is -1.98. The molecule has 0 heterocycles. The predicted molar refractivity (Wildman–Crippen MR) is 43.1 cm³/mol. The Bertz CT molecular complexity index is 154. The van der Waals surface area contributed by atoms with Gasteiger partial charge in [0, 0.05) is 0 Å². The van der Waals surface area contributed by atoms with Crippen LogP contribution in [-0.2, 0) is 9.53 Å². The summed E-state index contributed by atoms with van der Waals surface area (Å²) in [6, 6.07) is 0. The number of hydrogen-bond acceptors (Lipinski definition) is 2. The third-order valence-electron chi connectivity index (χ3n) is 2.59. The standard InChI is InChI=1S/C9H16O2/c1-4-7-6(3)8(7)9(10)11-5-2/h6-8H,4-5H2,1-3H3/t6-,7-,8+/m0/s1. The molecule has 0 aromatic rings. The van der Waals surface area contributed by atoms with E-state index in [0.29, 0.717) is 18.4 Å². The van der Waals surface area contributed by atoms with Crippen LogP contribution in [0.5, 0.6) is 0 Å². The Balaban J connectivity index is 2.34. The Kier molecular flexibility index (Phi) is 2.53. The molecule has 3 atom stereocenters. The molecule has 0 aromatic carbocycles. The van der Waals surface area contributed by atoms with Gasteiger partial charge in [-0.15, -0.1) is 0 Å². The smallest absolute Gasteiger partial charge is 0.309 e. The summed E-state index contributed by atoms with van der Waals surface area (Å²) < 4.78 is 4.93. The van der Waals surface area contributed by atoms with Crippen LogP contribution >= 0.6 is 0 Å². The lowest BCUT2D eigenvalue weighted by atomic mass is 10.2. The highest BCUT2D eigenvalue weighted by atomic mass is 16.5. The van der Waals surface area contributed by atoms with E-state index in [2.05, 4.69) is 13.8 Å². The van der Waals surface area contributed by atoms with Crippen molar-refractivity contribution in [1.29, 1.82) is 0 Å². The van der Waals surface area contributed by atoms with Crippen LogP contribution in [0.2, 0.25) is 0 Å². The Morgan fingerprint density at radius 2 is 2.09 bits per heavy atom. The van der Waals surface area contributed by atoms with Gasteiger partial charge in [0.05, 0.1) is 12.5 Å². The molecule has 0 radical (unpaired) electrons. The van der Waals surface area contributed by atoms with Crippen LogP contribution in [0.1, 0.15) is 27.2 Å². The van der Waals surface area contributed by atoms with Gasteiger partial charge in [0.25, 0.3) is 0 Å². The molecule has 0 unspecified atom stereocenters. The third kappa shape index (κ3) is 1.55. The second-order valence-electron chi connectivity index (χ2n) is 3.21. The first kappa shape index (κ1) is 8.57. The van der Waals surface area contributed by atoms with Gasteiger partial charge in [-0.1, -0.05) is 20.3 Å². The van der Waals surface area contributed by atoms with E-state index >= 15 is 0 Å². The molecule has 1 saturated carbocycles. The fourth-order valence-electron chi connectivity index (χ4n) is 1.80. The van der Waals surface area contributed by atoms with Crippen LogP contribution in [0.15, 0.2) is 0 Å². The number of carbonyl (C=O) groups excluding carboxylic acids is 1. The van der Waals surface area contributed by atoms with Crippen molar-refractivity contribution in [1.82, 2.24) is 0 Å². The monoisotopic (exact) mass is 156 g/mol. The molecule has 2 heteroatoms. The van der Waals surface area contributed by atoms with E-state index < -0.39 is 0 Å². The summed E-state index contributed by atoms with van der Waals surface area (Å²) in [5.41, 5.74) is 0. The molecule has 0 spiro atoms. The number of hydrogen-bond donors (Lipinski definition) is 0. The first-order chi connectivity index (χ1) is 5.22. The summed E-state index contributed by atoms with van der Waals surface area (Å²) in [6.45, 7) is 6.61. The molecular formula is C9H16O2. The highest BCUT2D eigenvalue weighted by Gasteiger charge is 2.51. The Hall–Kier alpha value is -0.530. The molecule has 1 fully saturated rings. The third-order valence-corrected chi connectivity index (χ3v) is 2.59. The molecule has 0 aromatic heterocycles. The van der Waals surface area contributed by atoms with E-state index in [1.165, 1.54) is 0 Å². The van der Waals surface area contributed by atoms with Crippen molar-refractivity contribution in [2.24, 2.45) is 17.8 Å². The normalized spacial score (nSPS) is 35.0. The van der Waals surface area contributed by atoms with Crippen LogP contribution < -0.4 is 0 Å². The zero-order valence-corrected chi connectivity index (χ0v) is 7.46. The van der Waals surface area contributed by atoms with Crippen molar-refractivity contribution in [2.45, 2.75) is 27.2 Å². The van der Waals surface area contributed by atoms with Crippen molar-refractivity contribution in [3.05, 3.63) is 0 Å². The second kappa shape index (κ2) is 3.24. The van der Waals surface area contributed by atoms with Crippen LogP contribution in [0.4, 0.5) is 0 Å². The van der Waals surface area contributed by atoms with E-state index in [-0.39, 0.29) is 11.9 Å². The van der Waals surface area contributed by atoms with Crippen LogP contribution in [-0.4, -0.2) is 12.6 Å². The van der Waals surface area contributed by atoms with Gasteiger partial charge in [0.1, 0.15) is 0 Å². The lowest BCUT2D eigenvalue weighted by Crippen LogP contribution is -2.08. The average molecular weight is 156 g/mol. The van der Waals surface area contributed by atoms with Crippen molar-refractivity contribution >= 4 is 5.97 Å². The number of rotatable bonds is 3. The predicted octanol–water partition coefficient (Wildman–Crippen LogP) is 1.84. The van der Waals surface area contributed by atoms with Crippen molar-refractivity contribution in [3.8, 4) is 0 Å². The number of esters is 1. The molecule has 1 rings (SSSR count). The van der Waals surface area contributed by atoms with Gasteiger partial charge in [-0.3, -0.25) is 4.79 Å². The zero-order valence-electron chi connectivity index (χ0n) is 7.46. The maximum atomic E-state index is 11.2. The van der Waals surface area contributed by atoms with Gasteiger partial charge in [-0.25, -0.2) is 0 Å². The molecule has 1 aliphatic carbocycles. The highest BCUT2D eigenvalue weighted by Crippen LogP contribution is 2.48. The second-order valence-corrected chi connectivity index (χ2v) is 3.21. The maximum Gasteiger partial charge on any atom is 0.309 e. The SMILES string of the molecule is CCOC(=O)[C@@H]1[C@@H](C)[C@@H]1CC. The van der Waals surface area contributed by atoms with Crippen molar-refractivity contribution < 1.29 is 9.53 Å². The summed E-state index contributed by atoms with van der Waals surface area (Å²) in [7, 11) is 0. The van der Waals surface area contributed by atoms with E-state index in [9.17, 15) is 4.79 Å². The molecule has 0 N–H and O–H groups in total. The first-order valence-electron chi connectivity index (χ1n) is 4.39. The number of carbonyl (C=O) groups is 1. The molecular weight excluding hydrogens is 140 g/mol. The first-order valence-corrected chi connectivity index (χ1v) is 4.39. The largest absolute Gasteiger partial charge is 0.466 e. The quantitative estimate of drug-likeness (QED) is 0.583. The lowest BCUT2D eigenvalue weighted by molar-refractivity contribution is -0.145. The Morgan fingerprint density at radius 3 is 2.45 bits per heavy atom. The van der Waals surface area contributed by atoms with E-state index in [4.69, 9.17) is 4.74 Å². The fourth-order valence-corrected chi connectivity index (χ4v) is 1.80. The summed E-state index contributed by atoms with van der Waals surface area (Å²) in [5.74, 6) is 1.36. The summed E-state index contributed by atoms with van der Waals surface area (Å²) in [6.07, 6.45) is 1.10. The van der Waals surface area contributed by atoms with E-state index in [1.54, 1.807) is 0 Å². The van der Waals surface area contributed by atoms with Gasteiger partial charge in [-0.2, -0.15) is 0 Å². The summed E-state index contributed by atoms with van der Waals surface area (Å²) >= 11 is 0. The molecule has 1 aliphatic rings. The van der Waals surface area contributed by atoms with Crippen LogP contribution in [0.25, 0.3) is 0 Å². The van der Waals surface area contributed by atoms with Crippen molar-refractivity contribution in [3.63, 3.8) is 0 Å². The molecule has 64 valence electrons. The maximum absolute atomic E-state index is 11.2. The molecule has 0 bridgehead atoms. The molecule has 0 aliphatic heterocycles. The topological polar surface area (TPSA) is 26.3 Å². The van der Waals surface area contributed by atoms with Gasteiger partial charge >= 0.3 is 5.97 Å². The molecule has 11 heavy (non-hydrogen) atoms. The van der Waals surface area contributed by atoms with Gasteiger partial charge in [0.2, 0.25) is 0 Å². The van der Waals surface area contributed by atoms with Crippen LogP contribution in [0.3, 0.4) is 0 Å². The van der Waals surface area contributed by atoms with E-state index in [0.717, 1.165) is 6.42 Å². The minimum absolute atomic E-state index is 0.00634. The van der Waals surface area contributed by atoms with E-state index in [1.807, 2.05) is 6.92 Å². The number of ether oxygens (including phenoxy) is 1. The van der Waals surface area contributed by atoms with Crippen LogP contribution in [0, 0.1) is 17.8 Å². The zero-order chi connectivity index (χ0) is 8.43. The molecule has 2 nitrogen and oxygen atoms in total. The summed E-state index contributed by atoms with van der Waals surface area (Å²) in [5, 5.41) is 0. The Labute approximate surface area is 67.9 Å². The average Bonchev–Trinajstić information content (AvgIpc) is 2.61. The van der Waals surface area contributed by atoms with Gasteiger partial charge in [0.15, 0.2) is 0 Å².